The van der Waals surface area contributed by atoms with E-state index in [1.807, 2.05) is 4.90 Å². The van der Waals surface area contributed by atoms with Crippen molar-refractivity contribution in [2.24, 2.45) is 11.7 Å². The summed E-state index contributed by atoms with van der Waals surface area (Å²) in [5, 5.41) is 11.4. The van der Waals surface area contributed by atoms with E-state index in [2.05, 4.69) is 17.2 Å². The maximum atomic E-state index is 15.3. The van der Waals surface area contributed by atoms with Crippen LogP contribution in [0.15, 0.2) is 42.7 Å². The monoisotopic (exact) mass is 483 g/mol. The molecule has 3 aromatic rings. The Kier molecular flexibility index (Phi) is 6.71. The fraction of sp³-hybridized carbons (Fsp3) is 0.240. The van der Waals surface area contributed by atoms with Crippen molar-refractivity contribution in [3.05, 3.63) is 77.1 Å². The number of nitrogens with zero attached hydrogens (tertiary/aromatic N) is 3. The van der Waals surface area contributed by atoms with Gasteiger partial charge in [-0.3, -0.25) is 9.78 Å². The van der Waals surface area contributed by atoms with Crippen LogP contribution in [0.2, 0.25) is 0 Å². The molecule has 6 nitrogen and oxygen atoms in total. The van der Waals surface area contributed by atoms with Gasteiger partial charge in [-0.15, -0.1) is 0 Å². The lowest BCUT2D eigenvalue weighted by molar-refractivity contribution is 0.102. The Bertz CT molecular complexity index is 1310. The van der Waals surface area contributed by atoms with Crippen molar-refractivity contribution >= 4 is 17.3 Å². The van der Waals surface area contributed by atoms with Gasteiger partial charge in [-0.25, -0.2) is 17.6 Å². The highest BCUT2D eigenvalue weighted by Gasteiger charge is 2.27. The van der Waals surface area contributed by atoms with Gasteiger partial charge < -0.3 is 16.0 Å². The van der Waals surface area contributed by atoms with E-state index in [0.717, 1.165) is 18.6 Å². The van der Waals surface area contributed by atoms with Gasteiger partial charge in [0.05, 0.1) is 45.9 Å². The molecule has 0 radical (unpaired) electrons. The normalized spacial score (nSPS) is 17.7. The average Bonchev–Trinajstić information content (AvgIpc) is 2.80. The Labute approximate surface area is 199 Å². The minimum atomic E-state index is -1.44. The van der Waals surface area contributed by atoms with Crippen LogP contribution in [0.3, 0.4) is 0 Å². The number of hydrogen-bond acceptors (Lipinski definition) is 5. The van der Waals surface area contributed by atoms with Crippen molar-refractivity contribution in [2.45, 2.75) is 19.4 Å². The SMILES string of the molecule is C[C@@H]1C[C@H](N)CN(c2ccncc2NC(=O)c2ccc(F)c(-c3c(F)cc(C#N)cc3F)c2F)C1. The van der Waals surface area contributed by atoms with Gasteiger partial charge in [0.2, 0.25) is 0 Å². The third-order valence-electron chi connectivity index (χ3n) is 5.84. The van der Waals surface area contributed by atoms with Gasteiger partial charge in [-0.2, -0.15) is 5.26 Å². The molecule has 3 N–H and O–H groups in total. The van der Waals surface area contributed by atoms with Gasteiger partial charge in [-0.1, -0.05) is 6.92 Å². The summed E-state index contributed by atoms with van der Waals surface area (Å²) >= 11 is 0. The van der Waals surface area contributed by atoms with E-state index in [0.29, 0.717) is 36.8 Å². The Morgan fingerprint density at radius 1 is 1.11 bits per heavy atom. The molecule has 2 aromatic carbocycles. The van der Waals surface area contributed by atoms with Crippen molar-refractivity contribution in [1.82, 2.24) is 4.98 Å². The van der Waals surface area contributed by atoms with Crippen molar-refractivity contribution in [3.8, 4) is 17.2 Å². The highest BCUT2D eigenvalue weighted by atomic mass is 19.1. The number of nitrogens with two attached hydrogens (primary N) is 1. The predicted molar refractivity (Wildman–Crippen MR) is 123 cm³/mol. The van der Waals surface area contributed by atoms with E-state index in [1.165, 1.54) is 6.20 Å². The number of pyridine rings is 1. The van der Waals surface area contributed by atoms with Crippen LogP contribution in [0.4, 0.5) is 28.9 Å². The van der Waals surface area contributed by atoms with E-state index >= 15 is 4.39 Å². The number of rotatable bonds is 4. The molecule has 35 heavy (non-hydrogen) atoms. The second-order valence-corrected chi connectivity index (χ2v) is 8.56. The van der Waals surface area contributed by atoms with Gasteiger partial charge in [0.15, 0.2) is 0 Å². The van der Waals surface area contributed by atoms with E-state index in [4.69, 9.17) is 11.0 Å². The highest BCUT2D eigenvalue weighted by molar-refractivity contribution is 6.06. The fourth-order valence-electron chi connectivity index (χ4n) is 4.38. The predicted octanol–water partition coefficient (Wildman–Crippen LogP) is 4.60. The largest absolute Gasteiger partial charge is 0.368 e. The first kappa shape index (κ1) is 24.2. The highest BCUT2D eigenvalue weighted by Crippen LogP contribution is 2.34. The van der Waals surface area contributed by atoms with Gasteiger partial charge in [-0.05, 0) is 42.7 Å². The number of nitriles is 1. The number of anilines is 2. The lowest BCUT2D eigenvalue weighted by atomic mass is 9.96. The smallest absolute Gasteiger partial charge is 0.258 e. The quantitative estimate of drug-likeness (QED) is 0.529. The first-order valence-corrected chi connectivity index (χ1v) is 10.8. The summed E-state index contributed by atoms with van der Waals surface area (Å²) in [6, 6.07) is 6.15. The number of amides is 1. The van der Waals surface area contributed by atoms with Crippen molar-refractivity contribution < 1.29 is 22.4 Å². The number of piperidine rings is 1. The summed E-state index contributed by atoms with van der Waals surface area (Å²) in [7, 11) is 0. The van der Waals surface area contributed by atoms with E-state index < -0.39 is 45.9 Å². The Hall–Kier alpha value is -3.97. The van der Waals surface area contributed by atoms with Gasteiger partial charge >= 0.3 is 0 Å². The Morgan fingerprint density at radius 3 is 2.49 bits per heavy atom. The first-order chi connectivity index (χ1) is 16.7. The van der Waals surface area contributed by atoms with Crippen LogP contribution in [0, 0.1) is 40.5 Å². The molecular weight excluding hydrogens is 462 g/mol. The molecule has 0 unspecified atom stereocenters. The molecule has 2 heterocycles. The number of halogens is 4. The summed E-state index contributed by atoms with van der Waals surface area (Å²) in [6.45, 7) is 3.29. The lowest BCUT2D eigenvalue weighted by Crippen LogP contribution is -2.46. The number of nitrogens with one attached hydrogen (secondary N) is 1. The molecule has 0 saturated carbocycles. The van der Waals surface area contributed by atoms with E-state index in [1.54, 1.807) is 18.3 Å². The molecule has 0 bridgehead atoms. The molecule has 1 saturated heterocycles. The fourth-order valence-corrected chi connectivity index (χ4v) is 4.38. The summed E-state index contributed by atoms with van der Waals surface area (Å²) in [6.07, 6.45) is 3.79. The molecule has 1 amide bonds. The second kappa shape index (κ2) is 9.72. The number of hydrogen-bond donors (Lipinski definition) is 2. The molecular formula is C25H21F4N5O. The van der Waals surface area contributed by atoms with Gasteiger partial charge in [0.25, 0.3) is 5.91 Å². The molecule has 1 aliphatic rings. The Morgan fingerprint density at radius 2 is 1.83 bits per heavy atom. The first-order valence-electron chi connectivity index (χ1n) is 10.8. The maximum Gasteiger partial charge on any atom is 0.258 e. The molecule has 1 aliphatic heterocycles. The van der Waals surface area contributed by atoms with Crippen LogP contribution >= 0.6 is 0 Å². The summed E-state index contributed by atoms with van der Waals surface area (Å²) < 4.78 is 58.9. The van der Waals surface area contributed by atoms with E-state index in [9.17, 15) is 18.0 Å². The number of carbonyl (C=O) groups is 1. The molecule has 1 fully saturated rings. The van der Waals surface area contributed by atoms with Crippen LogP contribution in [-0.2, 0) is 0 Å². The van der Waals surface area contributed by atoms with Crippen molar-refractivity contribution in [1.29, 1.82) is 5.26 Å². The number of aromatic nitrogens is 1. The summed E-state index contributed by atoms with van der Waals surface area (Å²) in [5.41, 5.74) is 4.02. The van der Waals surface area contributed by atoms with Crippen molar-refractivity contribution in [2.75, 3.05) is 23.3 Å². The van der Waals surface area contributed by atoms with Gasteiger partial charge in [0.1, 0.15) is 23.3 Å². The summed E-state index contributed by atoms with van der Waals surface area (Å²) in [5.74, 6) is -6.01. The zero-order valence-electron chi connectivity index (χ0n) is 18.7. The third kappa shape index (κ3) is 4.81. The standard InChI is InChI=1S/C25H21F4N5O/c1-13-6-15(31)12-34(11-13)21-4-5-32-10-20(21)33-25(35)16-2-3-17(26)23(24(16)29)22-18(27)7-14(9-30)8-19(22)28/h2-5,7-8,10,13,15H,6,11-12,31H2,1H3,(H,33,35)/t13-,15+/m1/s1. The number of carbonyl (C=O) groups excluding carboxylic acids is 1. The molecule has 2 atom stereocenters. The van der Waals surface area contributed by atoms with Gasteiger partial charge in [0, 0.05) is 25.3 Å². The minimum absolute atomic E-state index is 0.0650. The van der Waals surface area contributed by atoms with Crippen LogP contribution in [-0.4, -0.2) is 30.0 Å². The Balaban J connectivity index is 1.70. The zero-order chi connectivity index (χ0) is 25.3. The van der Waals surface area contributed by atoms with E-state index in [-0.39, 0.29) is 17.3 Å². The lowest BCUT2D eigenvalue weighted by Gasteiger charge is -2.37. The summed E-state index contributed by atoms with van der Waals surface area (Å²) in [4.78, 5) is 19.0. The maximum absolute atomic E-state index is 15.3. The second-order valence-electron chi connectivity index (χ2n) is 8.56. The average molecular weight is 483 g/mol. The molecule has 0 spiro atoms. The third-order valence-corrected chi connectivity index (χ3v) is 5.84. The topological polar surface area (TPSA) is 95.0 Å². The van der Waals surface area contributed by atoms with Crippen molar-refractivity contribution in [3.63, 3.8) is 0 Å². The molecule has 4 rings (SSSR count). The molecule has 1 aromatic heterocycles. The van der Waals surface area contributed by atoms with Crippen LogP contribution in [0.5, 0.6) is 0 Å². The number of benzene rings is 2. The van der Waals surface area contributed by atoms with Crippen LogP contribution < -0.4 is 16.0 Å². The van der Waals surface area contributed by atoms with Crippen LogP contribution in [0.25, 0.3) is 11.1 Å². The molecule has 0 aliphatic carbocycles. The molecule has 10 heteroatoms. The van der Waals surface area contributed by atoms with Crippen LogP contribution in [0.1, 0.15) is 29.3 Å². The molecule has 180 valence electrons. The minimum Gasteiger partial charge on any atom is -0.368 e. The zero-order valence-corrected chi connectivity index (χ0v) is 18.7.